The normalized spacial score (nSPS) is 11.4. The maximum atomic E-state index is 10.5. The Balaban J connectivity index is 3.76. The maximum absolute atomic E-state index is 10.5. The Morgan fingerprint density at radius 1 is 1.82 bits per heavy atom. The van der Waals surface area contributed by atoms with Gasteiger partial charge in [-0.2, -0.15) is 0 Å². The van der Waals surface area contributed by atoms with Crippen molar-refractivity contribution in [1.82, 2.24) is 5.32 Å². The zero-order chi connectivity index (χ0) is 8.69. The fraction of sp³-hybridized carbons (Fsp3) is 0.429. The van der Waals surface area contributed by atoms with E-state index in [4.69, 9.17) is 0 Å². The van der Waals surface area contributed by atoms with E-state index >= 15 is 0 Å². The predicted octanol–water partition coefficient (Wildman–Crippen LogP) is 0.486. The van der Waals surface area contributed by atoms with Crippen molar-refractivity contribution in [3.63, 3.8) is 0 Å². The molecule has 1 N–H and O–H groups in total. The van der Waals surface area contributed by atoms with Crippen LogP contribution in [0.5, 0.6) is 0 Å². The number of alkyl carbamates (subject to hydrolysis) is 1. The lowest BCUT2D eigenvalue weighted by Gasteiger charge is -2.07. The van der Waals surface area contributed by atoms with Crippen LogP contribution in [0.25, 0.3) is 0 Å². The first kappa shape index (κ1) is 9.68. The third kappa shape index (κ3) is 4.13. The van der Waals surface area contributed by atoms with Crippen LogP contribution in [0.4, 0.5) is 4.79 Å². The van der Waals surface area contributed by atoms with Crippen LogP contribution in [0, 0.1) is 0 Å². The highest BCUT2D eigenvalue weighted by atomic mass is 16.5. The summed E-state index contributed by atoms with van der Waals surface area (Å²) >= 11 is 0. The zero-order valence-corrected chi connectivity index (χ0v) is 6.37. The standard InChI is InChI=1S/C7H11NO3/c1-3-4-6(5-9)8-7(10)11-2/h3,5-6H,1,4H2,2H3,(H,8,10)/t6-/m0/s1. The van der Waals surface area contributed by atoms with Crippen LogP contribution in [0.3, 0.4) is 0 Å². The van der Waals surface area contributed by atoms with E-state index in [1.165, 1.54) is 7.11 Å². The van der Waals surface area contributed by atoms with Crippen molar-refractivity contribution in [1.29, 1.82) is 0 Å². The van der Waals surface area contributed by atoms with E-state index in [1.54, 1.807) is 6.08 Å². The van der Waals surface area contributed by atoms with Crippen LogP contribution in [0.15, 0.2) is 12.7 Å². The van der Waals surface area contributed by atoms with Gasteiger partial charge in [-0.05, 0) is 6.42 Å². The summed E-state index contributed by atoms with van der Waals surface area (Å²) in [6, 6.07) is -0.528. The van der Waals surface area contributed by atoms with Gasteiger partial charge in [-0.3, -0.25) is 0 Å². The van der Waals surface area contributed by atoms with Crippen molar-refractivity contribution in [2.75, 3.05) is 7.11 Å². The molecule has 0 radical (unpaired) electrons. The van der Waals surface area contributed by atoms with Crippen LogP contribution < -0.4 is 5.32 Å². The van der Waals surface area contributed by atoms with Gasteiger partial charge in [0.05, 0.1) is 13.2 Å². The third-order valence-electron chi connectivity index (χ3n) is 1.07. The van der Waals surface area contributed by atoms with Crippen LogP contribution in [0.2, 0.25) is 0 Å². The molecule has 4 heteroatoms. The minimum Gasteiger partial charge on any atom is -0.453 e. The summed E-state index contributed by atoms with van der Waals surface area (Å²) in [6.45, 7) is 3.43. The molecule has 0 heterocycles. The van der Waals surface area contributed by atoms with Gasteiger partial charge in [-0.25, -0.2) is 4.79 Å². The Labute approximate surface area is 65.2 Å². The van der Waals surface area contributed by atoms with E-state index in [0.29, 0.717) is 12.7 Å². The summed E-state index contributed by atoms with van der Waals surface area (Å²) in [5.41, 5.74) is 0. The van der Waals surface area contributed by atoms with Crippen molar-refractivity contribution in [2.24, 2.45) is 0 Å². The third-order valence-corrected chi connectivity index (χ3v) is 1.07. The molecule has 0 saturated carbocycles. The highest BCUT2D eigenvalue weighted by Crippen LogP contribution is 1.88. The number of hydrogen-bond donors (Lipinski definition) is 1. The first-order valence-corrected chi connectivity index (χ1v) is 3.15. The fourth-order valence-electron chi connectivity index (χ4n) is 0.538. The van der Waals surface area contributed by atoms with E-state index in [-0.39, 0.29) is 0 Å². The zero-order valence-electron chi connectivity index (χ0n) is 6.37. The molecule has 0 rings (SSSR count). The molecule has 0 saturated heterocycles. The Morgan fingerprint density at radius 3 is 2.82 bits per heavy atom. The minimum atomic E-state index is -0.607. The molecule has 0 bridgehead atoms. The number of carbonyl (C=O) groups excluding carboxylic acids is 2. The lowest BCUT2D eigenvalue weighted by molar-refractivity contribution is -0.109. The number of nitrogens with one attached hydrogen (secondary N) is 1. The lowest BCUT2D eigenvalue weighted by atomic mass is 10.2. The van der Waals surface area contributed by atoms with E-state index < -0.39 is 12.1 Å². The highest BCUT2D eigenvalue weighted by Gasteiger charge is 2.07. The molecule has 0 aliphatic rings. The second-order valence-electron chi connectivity index (χ2n) is 1.90. The molecule has 0 unspecified atom stereocenters. The van der Waals surface area contributed by atoms with E-state index in [0.717, 1.165) is 0 Å². The number of ether oxygens (including phenoxy) is 1. The summed E-state index contributed by atoms with van der Waals surface area (Å²) in [5, 5.41) is 2.32. The van der Waals surface area contributed by atoms with E-state index in [1.807, 2.05) is 0 Å². The predicted molar refractivity (Wildman–Crippen MR) is 40.2 cm³/mol. The van der Waals surface area contributed by atoms with Crippen LogP contribution in [-0.4, -0.2) is 25.5 Å². The molecule has 0 aromatic heterocycles. The molecule has 1 atom stereocenters. The minimum absolute atomic E-state index is 0.415. The van der Waals surface area contributed by atoms with Gasteiger partial charge in [0, 0.05) is 0 Å². The first-order chi connectivity index (χ1) is 5.24. The van der Waals surface area contributed by atoms with Crippen molar-refractivity contribution >= 4 is 12.4 Å². The van der Waals surface area contributed by atoms with E-state index in [2.05, 4.69) is 16.6 Å². The molecule has 62 valence electrons. The molecular formula is C7H11NO3. The molecule has 0 aliphatic heterocycles. The summed E-state index contributed by atoms with van der Waals surface area (Å²) in [6.07, 6.45) is 2.00. The number of carbonyl (C=O) groups is 2. The molecule has 0 aromatic rings. The van der Waals surface area contributed by atoms with Crippen LogP contribution in [-0.2, 0) is 9.53 Å². The van der Waals surface area contributed by atoms with Gasteiger partial charge in [-0.15, -0.1) is 6.58 Å². The van der Waals surface area contributed by atoms with Crippen LogP contribution in [0.1, 0.15) is 6.42 Å². The Morgan fingerprint density at radius 2 is 2.45 bits per heavy atom. The summed E-state index contributed by atoms with van der Waals surface area (Å²) in [7, 11) is 1.24. The molecule has 11 heavy (non-hydrogen) atoms. The molecule has 0 aliphatic carbocycles. The molecule has 1 amide bonds. The quantitative estimate of drug-likeness (QED) is 0.477. The first-order valence-electron chi connectivity index (χ1n) is 3.15. The Kier molecular flexibility index (Phi) is 4.81. The Bertz CT molecular complexity index is 156. The second-order valence-corrected chi connectivity index (χ2v) is 1.90. The molecular weight excluding hydrogens is 146 g/mol. The maximum Gasteiger partial charge on any atom is 0.407 e. The summed E-state index contributed by atoms with van der Waals surface area (Å²) < 4.78 is 4.29. The van der Waals surface area contributed by atoms with Crippen molar-refractivity contribution in [3.05, 3.63) is 12.7 Å². The Hall–Kier alpha value is -1.32. The van der Waals surface area contributed by atoms with E-state index in [9.17, 15) is 9.59 Å². The van der Waals surface area contributed by atoms with Gasteiger partial charge >= 0.3 is 6.09 Å². The van der Waals surface area contributed by atoms with Gasteiger partial charge in [0.25, 0.3) is 0 Å². The highest BCUT2D eigenvalue weighted by molar-refractivity contribution is 5.72. The molecule has 0 fully saturated rings. The fourth-order valence-corrected chi connectivity index (χ4v) is 0.538. The molecule has 0 aromatic carbocycles. The number of amides is 1. The van der Waals surface area contributed by atoms with Gasteiger partial charge < -0.3 is 14.8 Å². The second kappa shape index (κ2) is 5.46. The monoisotopic (exact) mass is 157 g/mol. The number of methoxy groups -OCH3 is 1. The number of aldehydes is 1. The number of rotatable bonds is 4. The largest absolute Gasteiger partial charge is 0.453 e. The van der Waals surface area contributed by atoms with Crippen LogP contribution >= 0.6 is 0 Å². The van der Waals surface area contributed by atoms with Gasteiger partial charge in [0.15, 0.2) is 0 Å². The molecule has 0 spiro atoms. The summed E-state index contributed by atoms with van der Waals surface area (Å²) in [4.78, 5) is 20.8. The SMILES string of the molecule is C=CC[C@@H](C=O)NC(=O)OC. The van der Waals surface area contributed by atoms with Gasteiger partial charge in [-0.1, -0.05) is 6.08 Å². The lowest BCUT2D eigenvalue weighted by Crippen LogP contribution is -2.35. The van der Waals surface area contributed by atoms with Crippen molar-refractivity contribution < 1.29 is 14.3 Å². The average Bonchev–Trinajstić information content (AvgIpc) is 2.03. The number of hydrogen-bond acceptors (Lipinski definition) is 3. The van der Waals surface area contributed by atoms with Crippen molar-refractivity contribution in [2.45, 2.75) is 12.5 Å². The topological polar surface area (TPSA) is 55.4 Å². The van der Waals surface area contributed by atoms with Gasteiger partial charge in [0.2, 0.25) is 0 Å². The smallest absolute Gasteiger partial charge is 0.407 e. The van der Waals surface area contributed by atoms with Crippen molar-refractivity contribution in [3.8, 4) is 0 Å². The van der Waals surface area contributed by atoms with Gasteiger partial charge in [0.1, 0.15) is 6.29 Å². The molecule has 4 nitrogen and oxygen atoms in total. The summed E-state index contributed by atoms with van der Waals surface area (Å²) in [5.74, 6) is 0. The average molecular weight is 157 g/mol.